The maximum Gasteiger partial charge on any atom is 0.259 e. The Hall–Kier alpha value is -3.35. The molecule has 1 heterocycles. The van der Waals surface area contributed by atoms with Crippen LogP contribution in [-0.4, -0.2) is 31.7 Å². The molecule has 0 spiro atoms. The first-order valence-electron chi connectivity index (χ1n) is 7.56. The molecular weight excluding hydrogens is 322 g/mol. The van der Waals surface area contributed by atoms with Gasteiger partial charge in [0.1, 0.15) is 17.3 Å². The Morgan fingerprint density at radius 3 is 2.76 bits per heavy atom. The molecule has 2 aromatic rings. The molecular formula is C18H19N3O4. The quantitative estimate of drug-likeness (QED) is 0.457. The van der Waals surface area contributed by atoms with E-state index in [9.17, 15) is 9.59 Å². The van der Waals surface area contributed by atoms with Crippen LogP contribution in [-0.2, 0) is 9.59 Å². The monoisotopic (exact) mass is 341 g/mol. The summed E-state index contributed by atoms with van der Waals surface area (Å²) < 4.78 is 10.5. The summed E-state index contributed by atoms with van der Waals surface area (Å²) in [5, 5.41) is 6.21. The Bertz CT molecular complexity index is 793. The van der Waals surface area contributed by atoms with E-state index in [-0.39, 0.29) is 6.54 Å². The predicted octanol–water partition coefficient (Wildman–Crippen LogP) is 1.88. The molecule has 130 valence electrons. The van der Waals surface area contributed by atoms with Crippen LogP contribution in [0.15, 0.2) is 52.0 Å². The molecule has 25 heavy (non-hydrogen) atoms. The third kappa shape index (κ3) is 5.98. The van der Waals surface area contributed by atoms with Gasteiger partial charge in [0.2, 0.25) is 5.91 Å². The first-order valence-corrected chi connectivity index (χ1v) is 7.56. The van der Waals surface area contributed by atoms with Crippen LogP contribution in [0.2, 0.25) is 0 Å². The van der Waals surface area contributed by atoms with Gasteiger partial charge in [-0.05, 0) is 31.2 Å². The number of hydrazone groups is 1. The first-order chi connectivity index (χ1) is 12.1. The minimum atomic E-state index is -0.446. The van der Waals surface area contributed by atoms with Crippen molar-refractivity contribution >= 4 is 24.1 Å². The minimum Gasteiger partial charge on any atom is -0.496 e. The Balaban J connectivity index is 1.76. The summed E-state index contributed by atoms with van der Waals surface area (Å²) in [6, 6.07) is 10.8. The highest BCUT2D eigenvalue weighted by Gasteiger charge is 2.03. The molecule has 0 bridgehead atoms. The lowest BCUT2D eigenvalue weighted by Gasteiger charge is -2.03. The topological polar surface area (TPSA) is 92.9 Å². The van der Waals surface area contributed by atoms with Crippen molar-refractivity contribution in [1.29, 1.82) is 0 Å². The molecule has 0 aliphatic rings. The predicted molar refractivity (Wildman–Crippen MR) is 94.2 cm³/mol. The molecule has 2 N–H and O–H groups in total. The van der Waals surface area contributed by atoms with Gasteiger partial charge in [0.05, 0.1) is 19.9 Å². The number of nitrogens with zero attached hydrogens (tertiary/aromatic N) is 1. The fourth-order valence-electron chi connectivity index (χ4n) is 1.93. The van der Waals surface area contributed by atoms with Gasteiger partial charge in [0.25, 0.3) is 5.91 Å². The number of methoxy groups -OCH3 is 1. The van der Waals surface area contributed by atoms with Crippen LogP contribution in [0.1, 0.15) is 17.1 Å². The van der Waals surface area contributed by atoms with Crippen molar-refractivity contribution < 1.29 is 18.7 Å². The van der Waals surface area contributed by atoms with Gasteiger partial charge in [-0.3, -0.25) is 9.59 Å². The molecule has 0 aliphatic heterocycles. The van der Waals surface area contributed by atoms with Crippen molar-refractivity contribution in [2.45, 2.75) is 6.92 Å². The molecule has 1 aromatic heterocycles. The average molecular weight is 341 g/mol. The van der Waals surface area contributed by atoms with Crippen LogP contribution in [0.25, 0.3) is 6.08 Å². The number of hydrogen-bond donors (Lipinski definition) is 2. The Morgan fingerprint density at radius 2 is 2.04 bits per heavy atom. The second-order valence-corrected chi connectivity index (χ2v) is 5.03. The van der Waals surface area contributed by atoms with E-state index in [2.05, 4.69) is 15.8 Å². The molecule has 2 rings (SSSR count). The largest absolute Gasteiger partial charge is 0.496 e. The zero-order valence-corrected chi connectivity index (χ0v) is 14.0. The van der Waals surface area contributed by atoms with Gasteiger partial charge < -0.3 is 14.5 Å². The van der Waals surface area contributed by atoms with Crippen LogP contribution in [0.4, 0.5) is 0 Å². The zero-order valence-electron chi connectivity index (χ0n) is 14.0. The van der Waals surface area contributed by atoms with Gasteiger partial charge in [0.15, 0.2) is 0 Å². The van der Waals surface area contributed by atoms with E-state index < -0.39 is 11.8 Å². The standard InChI is InChI=1S/C18H19N3O4/c1-13-7-9-15(25-13)11-20-21-18(23)12-19-17(22)10-8-14-5-3-4-6-16(14)24-2/h3-11H,12H2,1-2H3,(H,19,22)(H,21,23)/b10-8+,20-11?. The van der Waals surface area contributed by atoms with Gasteiger partial charge in [-0.1, -0.05) is 18.2 Å². The maximum absolute atomic E-state index is 11.7. The third-order valence-corrected chi connectivity index (χ3v) is 3.12. The number of furan rings is 1. The zero-order chi connectivity index (χ0) is 18.1. The molecule has 7 heteroatoms. The first kappa shape index (κ1) is 18.0. The van der Waals surface area contributed by atoms with E-state index in [1.807, 2.05) is 25.1 Å². The lowest BCUT2D eigenvalue weighted by atomic mass is 10.2. The normalized spacial score (nSPS) is 11.0. The molecule has 0 fully saturated rings. The summed E-state index contributed by atoms with van der Waals surface area (Å²) in [6.07, 6.45) is 4.33. The van der Waals surface area contributed by atoms with Crippen LogP contribution >= 0.6 is 0 Å². The van der Waals surface area contributed by atoms with E-state index >= 15 is 0 Å². The number of aryl methyl sites for hydroxylation is 1. The lowest BCUT2D eigenvalue weighted by molar-refractivity contribution is -0.123. The van der Waals surface area contributed by atoms with Crippen molar-refractivity contribution in [3.05, 3.63) is 59.6 Å². The highest BCUT2D eigenvalue weighted by atomic mass is 16.5. The highest BCUT2D eigenvalue weighted by Crippen LogP contribution is 2.18. The number of amides is 2. The summed E-state index contributed by atoms with van der Waals surface area (Å²) >= 11 is 0. The van der Waals surface area contributed by atoms with E-state index in [0.717, 1.165) is 11.3 Å². The Morgan fingerprint density at radius 1 is 1.24 bits per heavy atom. The number of ether oxygens (including phenoxy) is 1. The maximum atomic E-state index is 11.7. The van der Waals surface area contributed by atoms with Gasteiger partial charge in [-0.15, -0.1) is 0 Å². The molecule has 0 saturated carbocycles. The Kier molecular flexibility index (Phi) is 6.53. The van der Waals surface area contributed by atoms with Gasteiger partial charge in [0, 0.05) is 11.6 Å². The lowest BCUT2D eigenvalue weighted by Crippen LogP contribution is -2.34. The number of para-hydroxylation sites is 1. The highest BCUT2D eigenvalue weighted by molar-refractivity contribution is 5.94. The fraction of sp³-hybridized carbons (Fsp3) is 0.167. The average Bonchev–Trinajstić information content (AvgIpc) is 3.03. The molecule has 2 amide bonds. The fourth-order valence-corrected chi connectivity index (χ4v) is 1.93. The van der Waals surface area contributed by atoms with Crippen LogP contribution in [0, 0.1) is 6.92 Å². The van der Waals surface area contributed by atoms with E-state index in [1.54, 1.807) is 31.4 Å². The van der Waals surface area contributed by atoms with Crippen molar-refractivity contribution in [1.82, 2.24) is 10.7 Å². The summed E-state index contributed by atoms with van der Waals surface area (Å²) in [6.45, 7) is 1.62. The molecule has 0 atom stereocenters. The summed E-state index contributed by atoms with van der Waals surface area (Å²) in [5.74, 6) is 1.10. The summed E-state index contributed by atoms with van der Waals surface area (Å²) in [7, 11) is 1.56. The van der Waals surface area contributed by atoms with Crippen molar-refractivity contribution in [2.24, 2.45) is 5.10 Å². The number of nitrogens with one attached hydrogen (secondary N) is 2. The Labute approximate surface area is 145 Å². The van der Waals surface area contributed by atoms with Gasteiger partial charge >= 0.3 is 0 Å². The number of benzene rings is 1. The molecule has 0 saturated heterocycles. The van der Waals surface area contributed by atoms with Crippen molar-refractivity contribution in [2.75, 3.05) is 13.7 Å². The van der Waals surface area contributed by atoms with E-state index in [0.29, 0.717) is 11.5 Å². The number of hydrogen-bond acceptors (Lipinski definition) is 5. The molecule has 0 radical (unpaired) electrons. The minimum absolute atomic E-state index is 0.191. The van der Waals surface area contributed by atoms with Crippen LogP contribution < -0.4 is 15.5 Å². The summed E-state index contributed by atoms with van der Waals surface area (Å²) in [5.41, 5.74) is 3.07. The van der Waals surface area contributed by atoms with Gasteiger partial charge in [-0.25, -0.2) is 5.43 Å². The SMILES string of the molecule is COc1ccccc1/C=C/C(=O)NCC(=O)NN=Cc1ccc(C)o1. The number of carbonyl (C=O) groups excluding carboxylic acids is 2. The second kappa shape index (κ2) is 9.07. The third-order valence-electron chi connectivity index (χ3n) is 3.12. The van der Waals surface area contributed by atoms with E-state index in [1.165, 1.54) is 12.3 Å². The molecule has 0 aliphatic carbocycles. The van der Waals surface area contributed by atoms with Crippen LogP contribution in [0.3, 0.4) is 0 Å². The smallest absolute Gasteiger partial charge is 0.259 e. The molecule has 7 nitrogen and oxygen atoms in total. The van der Waals surface area contributed by atoms with Crippen molar-refractivity contribution in [3.63, 3.8) is 0 Å². The van der Waals surface area contributed by atoms with Crippen LogP contribution in [0.5, 0.6) is 5.75 Å². The van der Waals surface area contributed by atoms with E-state index in [4.69, 9.17) is 9.15 Å². The van der Waals surface area contributed by atoms with Gasteiger partial charge in [-0.2, -0.15) is 5.10 Å². The number of rotatable bonds is 7. The molecule has 0 unspecified atom stereocenters. The summed E-state index contributed by atoms with van der Waals surface area (Å²) in [4.78, 5) is 23.3. The molecule has 1 aromatic carbocycles. The second-order valence-electron chi connectivity index (χ2n) is 5.03. The van der Waals surface area contributed by atoms with Crippen molar-refractivity contribution in [3.8, 4) is 5.75 Å². The number of carbonyl (C=O) groups is 2.